The van der Waals surface area contributed by atoms with Crippen LogP contribution in [0.4, 0.5) is 5.69 Å². The maximum atomic E-state index is 12.2. The Balaban J connectivity index is 1.46. The van der Waals surface area contributed by atoms with Gasteiger partial charge in [0.1, 0.15) is 12.4 Å². The minimum Gasteiger partial charge on any atom is -0.489 e. The molecule has 0 heterocycles. The number of carbonyl (C=O) groups excluding carboxylic acids is 1. The number of nitrogens with one attached hydrogen (secondary N) is 2. The first-order valence-electron chi connectivity index (χ1n) is 9.55. The van der Waals surface area contributed by atoms with Crippen molar-refractivity contribution in [2.24, 2.45) is 0 Å². The molecule has 0 aliphatic rings. The molecule has 3 aromatic rings. The van der Waals surface area contributed by atoms with Crippen LogP contribution in [-0.2, 0) is 27.8 Å². The standard InChI is InChI=1S/C23H24N2O4S/c1-24-30(27,28)22-14-7-18(8-15-22)9-16-23(26)25-20-10-12-21(13-11-20)29-17-19-5-3-2-4-6-19/h2-8,10-15,24H,9,16-17H2,1H3,(H,25,26). The summed E-state index contributed by atoms with van der Waals surface area (Å²) in [5.41, 5.74) is 2.68. The van der Waals surface area contributed by atoms with E-state index in [2.05, 4.69) is 10.0 Å². The number of hydrogen-bond donors (Lipinski definition) is 2. The van der Waals surface area contributed by atoms with E-state index >= 15 is 0 Å². The number of anilines is 1. The van der Waals surface area contributed by atoms with Crippen LogP contribution in [-0.4, -0.2) is 21.4 Å². The monoisotopic (exact) mass is 424 g/mol. The summed E-state index contributed by atoms with van der Waals surface area (Å²) in [4.78, 5) is 12.4. The molecule has 3 rings (SSSR count). The van der Waals surface area contributed by atoms with E-state index in [-0.39, 0.29) is 10.8 Å². The Morgan fingerprint density at radius 1 is 0.867 bits per heavy atom. The molecule has 0 bridgehead atoms. The summed E-state index contributed by atoms with van der Waals surface area (Å²) >= 11 is 0. The van der Waals surface area contributed by atoms with Crippen LogP contribution < -0.4 is 14.8 Å². The molecular formula is C23H24N2O4S. The summed E-state index contributed by atoms with van der Waals surface area (Å²) in [5.74, 6) is 0.619. The second-order valence-electron chi connectivity index (χ2n) is 6.70. The second-order valence-corrected chi connectivity index (χ2v) is 8.58. The highest BCUT2D eigenvalue weighted by Gasteiger charge is 2.11. The molecule has 0 fully saturated rings. The van der Waals surface area contributed by atoms with Crippen LogP contribution in [0.2, 0.25) is 0 Å². The lowest BCUT2D eigenvalue weighted by atomic mass is 10.1. The average molecular weight is 425 g/mol. The zero-order valence-corrected chi connectivity index (χ0v) is 17.5. The van der Waals surface area contributed by atoms with Crippen molar-refractivity contribution in [2.45, 2.75) is 24.3 Å². The van der Waals surface area contributed by atoms with Gasteiger partial charge in [-0.05, 0) is 61.0 Å². The van der Waals surface area contributed by atoms with Crippen LogP contribution >= 0.6 is 0 Å². The number of rotatable bonds is 9. The highest BCUT2D eigenvalue weighted by atomic mass is 32.2. The Labute approximate surface area is 177 Å². The van der Waals surface area contributed by atoms with E-state index in [0.717, 1.165) is 16.9 Å². The van der Waals surface area contributed by atoms with Crippen LogP contribution in [0.3, 0.4) is 0 Å². The third kappa shape index (κ3) is 6.17. The van der Waals surface area contributed by atoms with Crippen molar-refractivity contribution in [3.05, 3.63) is 90.0 Å². The van der Waals surface area contributed by atoms with Crippen LogP contribution in [0.5, 0.6) is 5.75 Å². The smallest absolute Gasteiger partial charge is 0.240 e. The molecule has 0 saturated carbocycles. The lowest BCUT2D eigenvalue weighted by molar-refractivity contribution is -0.116. The molecule has 3 aromatic carbocycles. The Hall–Kier alpha value is -3.16. The number of amides is 1. The van der Waals surface area contributed by atoms with Crippen LogP contribution in [0.1, 0.15) is 17.5 Å². The summed E-state index contributed by atoms with van der Waals surface area (Å²) in [6, 6.07) is 23.7. The molecule has 0 saturated heterocycles. The number of sulfonamides is 1. The Bertz CT molecular complexity index is 1060. The summed E-state index contributed by atoms with van der Waals surface area (Å²) in [5, 5.41) is 2.86. The fraction of sp³-hybridized carbons (Fsp3) is 0.174. The van der Waals surface area contributed by atoms with E-state index < -0.39 is 10.0 Å². The Morgan fingerprint density at radius 3 is 2.17 bits per heavy atom. The molecule has 2 N–H and O–H groups in total. The van der Waals surface area contributed by atoms with Gasteiger partial charge in [0, 0.05) is 12.1 Å². The Kier molecular flexibility index (Phi) is 7.21. The SMILES string of the molecule is CNS(=O)(=O)c1ccc(CCC(=O)Nc2ccc(OCc3ccccc3)cc2)cc1. The number of benzene rings is 3. The molecule has 0 spiro atoms. The quantitative estimate of drug-likeness (QED) is 0.548. The van der Waals surface area contributed by atoms with Gasteiger partial charge in [-0.3, -0.25) is 4.79 Å². The lowest BCUT2D eigenvalue weighted by Gasteiger charge is -2.09. The van der Waals surface area contributed by atoms with Gasteiger partial charge in [-0.15, -0.1) is 0 Å². The lowest BCUT2D eigenvalue weighted by Crippen LogP contribution is -2.18. The first-order valence-corrected chi connectivity index (χ1v) is 11.0. The third-order valence-corrected chi connectivity index (χ3v) is 5.96. The van der Waals surface area contributed by atoms with Gasteiger partial charge >= 0.3 is 0 Å². The fourth-order valence-electron chi connectivity index (χ4n) is 2.81. The van der Waals surface area contributed by atoms with Gasteiger partial charge in [0.15, 0.2) is 0 Å². The molecule has 0 radical (unpaired) electrons. The second kappa shape index (κ2) is 10.0. The highest BCUT2D eigenvalue weighted by molar-refractivity contribution is 7.89. The third-order valence-electron chi connectivity index (χ3n) is 4.53. The van der Waals surface area contributed by atoms with E-state index in [4.69, 9.17) is 4.74 Å². The van der Waals surface area contributed by atoms with Gasteiger partial charge in [0.2, 0.25) is 15.9 Å². The van der Waals surface area contributed by atoms with Crippen molar-refractivity contribution < 1.29 is 17.9 Å². The summed E-state index contributed by atoms with van der Waals surface area (Å²) in [7, 11) is -2.08. The highest BCUT2D eigenvalue weighted by Crippen LogP contribution is 2.18. The van der Waals surface area contributed by atoms with E-state index in [0.29, 0.717) is 25.1 Å². The molecule has 0 aliphatic heterocycles. The molecule has 0 atom stereocenters. The molecule has 0 aromatic heterocycles. The molecule has 156 valence electrons. The normalized spacial score (nSPS) is 11.1. The molecular weight excluding hydrogens is 400 g/mol. The largest absolute Gasteiger partial charge is 0.489 e. The van der Waals surface area contributed by atoms with Crippen molar-refractivity contribution in [3.8, 4) is 5.75 Å². The van der Waals surface area contributed by atoms with E-state index in [1.54, 1.807) is 24.3 Å². The van der Waals surface area contributed by atoms with E-state index in [1.807, 2.05) is 42.5 Å². The van der Waals surface area contributed by atoms with Gasteiger partial charge in [-0.1, -0.05) is 42.5 Å². The topological polar surface area (TPSA) is 84.5 Å². The van der Waals surface area contributed by atoms with Gasteiger partial charge < -0.3 is 10.1 Å². The zero-order valence-electron chi connectivity index (χ0n) is 16.7. The van der Waals surface area contributed by atoms with Crippen LogP contribution in [0, 0.1) is 0 Å². The van der Waals surface area contributed by atoms with Crippen molar-refractivity contribution in [2.75, 3.05) is 12.4 Å². The number of ether oxygens (including phenoxy) is 1. The molecule has 30 heavy (non-hydrogen) atoms. The van der Waals surface area contributed by atoms with Gasteiger partial charge in [0.05, 0.1) is 4.90 Å². The van der Waals surface area contributed by atoms with E-state index in [1.165, 1.54) is 19.2 Å². The van der Waals surface area contributed by atoms with Gasteiger partial charge in [-0.25, -0.2) is 13.1 Å². The maximum Gasteiger partial charge on any atom is 0.240 e. The zero-order chi connectivity index (χ0) is 21.4. The molecule has 6 nitrogen and oxygen atoms in total. The van der Waals surface area contributed by atoms with Crippen LogP contribution in [0.15, 0.2) is 83.8 Å². The van der Waals surface area contributed by atoms with Crippen molar-refractivity contribution in [3.63, 3.8) is 0 Å². The first-order chi connectivity index (χ1) is 14.5. The minimum atomic E-state index is -3.45. The molecule has 7 heteroatoms. The maximum absolute atomic E-state index is 12.2. The summed E-state index contributed by atoms with van der Waals surface area (Å²) < 4.78 is 31.5. The molecule has 0 unspecified atom stereocenters. The Morgan fingerprint density at radius 2 is 1.53 bits per heavy atom. The number of carbonyl (C=O) groups is 1. The predicted molar refractivity (Wildman–Crippen MR) is 117 cm³/mol. The number of aryl methyl sites for hydroxylation is 1. The average Bonchev–Trinajstić information content (AvgIpc) is 2.78. The summed E-state index contributed by atoms with van der Waals surface area (Å²) in [6.45, 7) is 0.487. The van der Waals surface area contributed by atoms with Gasteiger partial charge in [0.25, 0.3) is 0 Å². The summed E-state index contributed by atoms with van der Waals surface area (Å²) in [6.07, 6.45) is 0.814. The molecule has 1 amide bonds. The van der Waals surface area contributed by atoms with Crippen molar-refractivity contribution in [1.29, 1.82) is 0 Å². The van der Waals surface area contributed by atoms with Crippen LogP contribution in [0.25, 0.3) is 0 Å². The fourth-order valence-corrected chi connectivity index (χ4v) is 3.54. The minimum absolute atomic E-state index is 0.111. The first kappa shape index (κ1) is 21.5. The van der Waals surface area contributed by atoms with E-state index in [9.17, 15) is 13.2 Å². The number of hydrogen-bond acceptors (Lipinski definition) is 4. The van der Waals surface area contributed by atoms with Crippen molar-refractivity contribution >= 4 is 21.6 Å². The molecule has 0 aliphatic carbocycles. The van der Waals surface area contributed by atoms with Gasteiger partial charge in [-0.2, -0.15) is 0 Å². The predicted octanol–water partition coefficient (Wildman–Crippen LogP) is 3.75. The van der Waals surface area contributed by atoms with Crippen molar-refractivity contribution in [1.82, 2.24) is 4.72 Å².